The first-order valence-corrected chi connectivity index (χ1v) is 19.4. The highest BCUT2D eigenvalue weighted by molar-refractivity contribution is 6.23. The first-order valence-electron chi connectivity index (χ1n) is 19.4. The smallest absolute Gasteiger partial charge is 0.312 e. The van der Waals surface area contributed by atoms with Gasteiger partial charge in [0.15, 0.2) is 5.75 Å². The van der Waals surface area contributed by atoms with Gasteiger partial charge in [0.25, 0.3) is 11.7 Å². The molecule has 4 aliphatic heterocycles. The first-order chi connectivity index (χ1) is 27.3. The number of aliphatic hydroxyl groups is 2. The number of piperazine rings is 1. The summed E-state index contributed by atoms with van der Waals surface area (Å²) in [5.74, 6) is -8.36. The Hall–Kier alpha value is -5.16. The summed E-state index contributed by atoms with van der Waals surface area (Å²) in [6.07, 6.45) is 4.83. The van der Waals surface area contributed by atoms with Crippen molar-refractivity contribution in [2.45, 2.75) is 85.6 Å². The van der Waals surface area contributed by atoms with E-state index in [-0.39, 0.29) is 44.5 Å². The number of nitrogens with one attached hydrogen (secondary N) is 2. The maximum Gasteiger partial charge on any atom is 0.312 e. The Balaban J connectivity index is 1.71. The Morgan fingerprint density at radius 1 is 0.966 bits per heavy atom. The Morgan fingerprint density at radius 3 is 2.28 bits per heavy atom. The SMILES string of the molecule is CO[C@H]1C=CO[C@@]2(C)Oc3c(C)c(O)c4c(O)c(c(/C=N/N5CCNCC5)c(O)c4c3C2=O)NC(=O)C(C)=CC=C[C@H](C)[C@H](O)[C@@H](C)[C@@H](O)[C@@H](C)[C@H](OC(C)=O)[C@@H]1C. The number of Topliss-reactive ketones (excluding diaryl/α,β-unsaturated/α-hetero) is 1. The van der Waals surface area contributed by atoms with Gasteiger partial charge < -0.3 is 55.1 Å². The number of ketones is 1. The molecule has 4 aliphatic rings. The third kappa shape index (κ3) is 8.51. The minimum Gasteiger partial charge on any atom is -0.507 e. The lowest BCUT2D eigenvalue weighted by molar-refractivity contribution is -0.160. The van der Waals surface area contributed by atoms with Crippen molar-refractivity contribution in [2.24, 2.45) is 28.8 Å². The van der Waals surface area contributed by atoms with Crippen molar-refractivity contribution in [1.29, 1.82) is 0 Å². The number of allylic oxidation sites excluding steroid dienone is 2. The number of hydrogen-bond acceptors (Lipinski definition) is 15. The second kappa shape index (κ2) is 17.8. The van der Waals surface area contributed by atoms with Crippen LogP contribution in [0.25, 0.3) is 10.8 Å². The molecule has 0 aliphatic carbocycles. The number of carbonyl (C=O) groups is 3. The lowest BCUT2D eigenvalue weighted by atomic mass is 9.78. The maximum absolute atomic E-state index is 14.4. The summed E-state index contributed by atoms with van der Waals surface area (Å²) in [4.78, 5) is 40.4. The molecule has 9 atom stereocenters. The highest BCUT2D eigenvalue weighted by Gasteiger charge is 2.50. The molecule has 16 nitrogen and oxygen atoms in total. The number of aromatic hydroxyl groups is 3. The van der Waals surface area contributed by atoms with E-state index in [1.165, 1.54) is 59.4 Å². The third-order valence-corrected chi connectivity index (χ3v) is 11.5. The van der Waals surface area contributed by atoms with Crippen LogP contribution in [0.1, 0.15) is 70.0 Å². The molecule has 316 valence electrons. The van der Waals surface area contributed by atoms with Crippen molar-refractivity contribution < 1.29 is 58.9 Å². The number of ether oxygens (including phenoxy) is 4. The van der Waals surface area contributed by atoms with E-state index in [1.54, 1.807) is 44.9 Å². The molecule has 1 saturated heterocycles. The predicted octanol–water partition coefficient (Wildman–Crippen LogP) is 3.99. The molecular formula is C42H56N4O12. The zero-order chi connectivity index (χ0) is 42.8. The van der Waals surface area contributed by atoms with Gasteiger partial charge in [-0.05, 0) is 19.9 Å². The summed E-state index contributed by atoms with van der Waals surface area (Å²) in [6.45, 7) is 14.9. The third-order valence-electron chi connectivity index (χ3n) is 11.5. The molecule has 4 heterocycles. The van der Waals surface area contributed by atoms with Crippen LogP contribution in [0.4, 0.5) is 5.69 Å². The Morgan fingerprint density at radius 2 is 1.64 bits per heavy atom. The fourth-order valence-electron chi connectivity index (χ4n) is 7.78. The molecule has 0 aromatic heterocycles. The zero-order valence-electron chi connectivity index (χ0n) is 34.4. The van der Waals surface area contributed by atoms with Crippen LogP contribution in [-0.2, 0) is 23.8 Å². The standard InChI is InChI=1S/C42H56N4O12/c1-20-11-10-12-21(2)41(54)45-32-27(19-44-46-16-14-43-15-17-46)36(51)29-30(37(32)52)35(50)25(6)39-31(29)40(53)42(8,58-39)56-18-13-28(55-9)22(3)38(57-26(7)47)24(5)34(49)23(4)33(20)48/h10-13,18-20,22-24,28,33-34,38,43,48-52H,14-17H2,1-9H3,(H,45,54)/b11-10?,18-13?,21-12?,44-19+/t20-,22+,23+,24+,28-,33-,34+,38+,42-/m0/s1. The number of hydrazone groups is 1. The number of fused-ring (bicyclic) bond motifs is 14. The van der Waals surface area contributed by atoms with Crippen molar-refractivity contribution in [2.75, 3.05) is 38.6 Å². The van der Waals surface area contributed by atoms with Crippen LogP contribution in [0.5, 0.6) is 23.0 Å². The van der Waals surface area contributed by atoms with Crippen LogP contribution in [0.2, 0.25) is 0 Å². The summed E-state index contributed by atoms with van der Waals surface area (Å²) in [5, 5.41) is 69.8. The molecule has 2 aromatic carbocycles. The van der Waals surface area contributed by atoms with E-state index in [9.17, 15) is 39.9 Å². The number of amides is 1. The normalized spacial score (nSPS) is 30.1. The molecule has 7 N–H and O–H groups in total. The highest BCUT2D eigenvalue weighted by atomic mass is 16.7. The maximum atomic E-state index is 14.4. The van der Waals surface area contributed by atoms with Crippen LogP contribution < -0.4 is 15.4 Å². The second-order valence-corrected chi connectivity index (χ2v) is 15.6. The van der Waals surface area contributed by atoms with Crippen LogP contribution in [0, 0.1) is 30.6 Å². The number of rotatable bonds is 4. The highest BCUT2D eigenvalue weighted by Crippen LogP contribution is 2.55. The summed E-state index contributed by atoms with van der Waals surface area (Å²) in [5.41, 5.74) is -0.364. The van der Waals surface area contributed by atoms with Gasteiger partial charge in [0.1, 0.15) is 23.4 Å². The number of carbonyl (C=O) groups excluding carboxylic acids is 3. The minimum atomic E-state index is -2.04. The van der Waals surface area contributed by atoms with Gasteiger partial charge in [-0.1, -0.05) is 45.9 Å². The van der Waals surface area contributed by atoms with Crippen LogP contribution >= 0.6 is 0 Å². The lowest BCUT2D eigenvalue weighted by Gasteiger charge is -2.38. The van der Waals surface area contributed by atoms with E-state index in [0.717, 1.165) is 0 Å². The Bertz CT molecular complexity index is 2040. The quantitative estimate of drug-likeness (QED) is 0.100. The van der Waals surface area contributed by atoms with Crippen LogP contribution in [0.15, 0.2) is 41.2 Å². The summed E-state index contributed by atoms with van der Waals surface area (Å²) in [6, 6.07) is 0. The topological polar surface area (TPSA) is 229 Å². The Kier molecular flexibility index (Phi) is 13.5. The van der Waals surface area contributed by atoms with E-state index < -0.39 is 88.8 Å². The van der Waals surface area contributed by atoms with E-state index in [1.807, 2.05) is 0 Å². The molecule has 0 unspecified atom stereocenters. The summed E-state index contributed by atoms with van der Waals surface area (Å²) < 4.78 is 23.6. The van der Waals surface area contributed by atoms with E-state index in [0.29, 0.717) is 26.2 Å². The molecule has 2 aromatic rings. The molecule has 0 saturated carbocycles. The summed E-state index contributed by atoms with van der Waals surface area (Å²) in [7, 11) is 1.44. The minimum absolute atomic E-state index is 0.0544. The van der Waals surface area contributed by atoms with Crippen molar-refractivity contribution in [1.82, 2.24) is 10.3 Å². The number of hydrogen-bond donors (Lipinski definition) is 7. The number of aliphatic hydroxyl groups excluding tert-OH is 2. The van der Waals surface area contributed by atoms with Crippen molar-refractivity contribution in [3.63, 3.8) is 0 Å². The van der Waals surface area contributed by atoms with Crippen molar-refractivity contribution >= 4 is 40.3 Å². The molecular weight excluding hydrogens is 752 g/mol. The van der Waals surface area contributed by atoms with Crippen LogP contribution in [-0.4, -0.2) is 118 Å². The number of nitrogens with zero attached hydrogens (tertiary/aromatic N) is 2. The first kappa shape index (κ1) is 44.0. The van der Waals surface area contributed by atoms with Gasteiger partial charge in [-0.2, -0.15) is 5.10 Å². The molecule has 5 bridgehead atoms. The fraction of sp³-hybridized carbons (Fsp3) is 0.524. The zero-order valence-corrected chi connectivity index (χ0v) is 34.4. The van der Waals surface area contributed by atoms with Gasteiger partial charge in [-0.25, -0.2) is 0 Å². The fourth-order valence-corrected chi connectivity index (χ4v) is 7.78. The molecule has 1 fully saturated rings. The molecule has 0 radical (unpaired) electrons. The Labute approximate surface area is 337 Å². The van der Waals surface area contributed by atoms with E-state index in [4.69, 9.17) is 18.9 Å². The monoisotopic (exact) mass is 808 g/mol. The number of phenolic OH excluding ortho intramolecular Hbond substituents is 3. The van der Waals surface area contributed by atoms with Crippen molar-refractivity contribution in [3.8, 4) is 23.0 Å². The predicted molar refractivity (Wildman–Crippen MR) is 216 cm³/mol. The molecule has 6 rings (SSSR count). The van der Waals surface area contributed by atoms with Gasteiger partial charge in [0.2, 0.25) is 0 Å². The molecule has 0 spiro atoms. The lowest BCUT2D eigenvalue weighted by Crippen LogP contribution is -2.46. The van der Waals surface area contributed by atoms with Gasteiger partial charge in [-0.3, -0.25) is 19.4 Å². The average molecular weight is 809 g/mol. The number of benzene rings is 2. The number of methoxy groups -OCH3 is 1. The number of anilines is 1. The molecule has 58 heavy (non-hydrogen) atoms. The average Bonchev–Trinajstić information content (AvgIpc) is 3.46. The van der Waals surface area contributed by atoms with Crippen LogP contribution in [0.3, 0.4) is 0 Å². The number of phenols is 3. The van der Waals surface area contributed by atoms with Gasteiger partial charge in [-0.15, -0.1) is 0 Å². The van der Waals surface area contributed by atoms with Gasteiger partial charge in [0, 0.05) is 87.3 Å². The van der Waals surface area contributed by atoms with Gasteiger partial charge in [0.05, 0.1) is 53.0 Å². The second-order valence-electron chi connectivity index (χ2n) is 15.6. The molecule has 1 amide bonds. The van der Waals surface area contributed by atoms with Gasteiger partial charge >= 0.3 is 11.8 Å². The molecule has 16 heteroatoms. The number of esters is 1. The van der Waals surface area contributed by atoms with E-state index in [2.05, 4.69) is 15.7 Å². The summed E-state index contributed by atoms with van der Waals surface area (Å²) >= 11 is 0. The van der Waals surface area contributed by atoms with E-state index >= 15 is 0 Å². The van der Waals surface area contributed by atoms with Crippen molar-refractivity contribution in [3.05, 3.63) is 52.8 Å². The largest absolute Gasteiger partial charge is 0.507 e.